The van der Waals surface area contributed by atoms with Crippen LogP contribution in [0, 0.1) is 0 Å². The van der Waals surface area contributed by atoms with Crippen LogP contribution in [-0.2, 0) is 4.74 Å². The van der Waals surface area contributed by atoms with Crippen molar-refractivity contribution in [1.29, 1.82) is 0 Å². The molecule has 1 aliphatic heterocycles. The fraction of sp³-hybridized carbons (Fsp3) is 0.889. The van der Waals surface area contributed by atoms with E-state index in [4.69, 9.17) is 4.74 Å². The zero-order valence-electron chi connectivity index (χ0n) is 13.0. The van der Waals surface area contributed by atoms with Crippen LogP contribution in [0.1, 0.15) is 90.4 Å². The molecule has 0 saturated carbocycles. The van der Waals surface area contributed by atoms with Gasteiger partial charge in [0.25, 0.3) is 0 Å². The molecule has 0 amide bonds. The molecule has 112 valence electrons. The molecule has 19 heavy (non-hydrogen) atoms. The predicted molar refractivity (Wildman–Crippen MR) is 84.6 cm³/mol. The Kier molecular flexibility index (Phi) is 11.2. The molecular weight excluding hydrogens is 232 g/mol. The molecule has 0 aromatic heterocycles. The van der Waals surface area contributed by atoms with Gasteiger partial charge in [0.2, 0.25) is 0 Å². The minimum atomic E-state index is 0.636. The van der Waals surface area contributed by atoms with Gasteiger partial charge in [0.05, 0.1) is 12.7 Å². The number of ether oxygens (including phenoxy) is 1. The molecule has 1 saturated heterocycles. The largest absolute Gasteiger partial charge is 0.373 e. The molecular formula is C18H34O. The second kappa shape index (κ2) is 12.7. The first-order valence-corrected chi connectivity index (χ1v) is 8.70. The second-order valence-corrected chi connectivity index (χ2v) is 5.97. The van der Waals surface area contributed by atoms with Crippen molar-refractivity contribution in [1.82, 2.24) is 0 Å². The summed E-state index contributed by atoms with van der Waals surface area (Å²) >= 11 is 0. The van der Waals surface area contributed by atoms with Crippen LogP contribution in [0.5, 0.6) is 0 Å². The summed E-state index contributed by atoms with van der Waals surface area (Å²) < 4.78 is 5.21. The molecule has 0 aromatic rings. The van der Waals surface area contributed by atoms with Gasteiger partial charge in [-0.2, -0.15) is 0 Å². The van der Waals surface area contributed by atoms with Gasteiger partial charge in [-0.3, -0.25) is 0 Å². The highest BCUT2D eigenvalue weighted by Gasteiger charge is 2.20. The van der Waals surface area contributed by atoms with Crippen LogP contribution in [0.2, 0.25) is 0 Å². The molecule has 0 aromatic carbocycles. The Labute approximate surface area is 120 Å². The Morgan fingerprint density at radius 2 is 1.32 bits per heavy atom. The molecule has 1 heteroatoms. The number of epoxide rings is 1. The van der Waals surface area contributed by atoms with Crippen molar-refractivity contribution >= 4 is 0 Å². The average molecular weight is 266 g/mol. The Morgan fingerprint density at radius 1 is 0.789 bits per heavy atom. The molecule has 1 rings (SSSR count). The first-order valence-electron chi connectivity index (χ1n) is 8.70. The van der Waals surface area contributed by atoms with Crippen LogP contribution in [0.15, 0.2) is 12.2 Å². The number of allylic oxidation sites excluding steroid dienone is 2. The summed E-state index contributed by atoms with van der Waals surface area (Å²) in [4.78, 5) is 0. The normalized spacial score (nSPS) is 18.3. The maximum absolute atomic E-state index is 5.21. The molecule has 1 aliphatic rings. The summed E-state index contributed by atoms with van der Waals surface area (Å²) in [7, 11) is 0. The minimum Gasteiger partial charge on any atom is -0.373 e. The van der Waals surface area contributed by atoms with Gasteiger partial charge in [-0.05, 0) is 32.1 Å². The number of rotatable bonds is 14. The zero-order valence-corrected chi connectivity index (χ0v) is 13.0. The van der Waals surface area contributed by atoms with E-state index < -0.39 is 0 Å². The lowest BCUT2D eigenvalue weighted by atomic mass is 10.1. The number of hydrogen-bond acceptors (Lipinski definition) is 1. The number of unbranched alkanes of at least 4 members (excludes halogenated alkanes) is 10. The fourth-order valence-electron chi connectivity index (χ4n) is 2.50. The van der Waals surface area contributed by atoms with Crippen molar-refractivity contribution in [2.45, 2.75) is 96.5 Å². The third-order valence-corrected chi connectivity index (χ3v) is 3.94. The third kappa shape index (κ3) is 12.5. The van der Waals surface area contributed by atoms with Gasteiger partial charge in [-0.15, -0.1) is 0 Å². The van der Waals surface area contributed by atoms with Crippen molar-refractivity contribution < 1.29 is 4.74 Å². The van der Waals surface area contributed by atoms with E-state index >= 15 is 0 Å². The first kappa shape index (κ1) is 16.8. The van der Waals surface area contributed by atoms with Gasteiger partial charge < -0.3 is 4.74 Å². The van der Waals surface area contributed by atoms with Gasteiger partial charge in [-0.1, -0.05) is 70.4 Å². The Balaban J connectivity index is 1.67. The van der Waals surface area contributed by atoms with Gasteiger partial charge in [0, 0.05) is 0 Å². The maximum Gasteiger partial charge on any atom is 0.0810 e. The van der Waals surface area contributed by atoms with Crippen molar-refractivity contribution in [2.75, 3.05) is 6.61 Å². The van der Waals surface area contributed by atoms with Crippen LogP contribution in [0.4, 0.5) is 0 Å². The topological polar surface area (TPSA) is 12.5 Å². The smallest absolute Gasteiger partial charge is 0.0810 e. The minimum absolute atomic E-state index is 0.636. The molecule has 1 fully saturated rings. The van der Waals surface area contributed by atoms with E-state index in [2.05, 4.69) is 19.1 Å². The molecule has 1 nitrogen and oxygen atoms in total. The lowest BCUT2D eigenvalue weighted by Crippen LogP contribution is -1.85. The average Bonchev–Trinajstić information content (AvgIpc) is 3.23. The van der Waals surface area contributed by atoms with Crippen molar-refractivity contribution in [3.8, 4) is 0 Å². The van der Waals surface area contributed by atoms with E-state index in [1.54, 1.807) is 0 Å². The summed E-state index contributed by atoms with van der Waals surface area (Å²) in [5.74, 6) is 0. The van der Waals surface area contributed by atoms with Gasteiger partial charge >= 0.3 is 0 Å². The molecule has 0 radical (unpaired) electrons. The van der Waals surface area contributed by atoms with Crippen LogP contribution in [0.3, 0.4) is 0 Å². The van der Waals surface area contributed by atoms with Crippen molar-refractivity contribution in [3.63, 3.8) is 0 Å². The summed E-state index contributed by atoms with van der Waals surface area (Å²) in [5, 5.41) is 0. The summed E-state index contributed by atoms with van der Waals surface area (Å²) in [6.45, 7) is 3.31. The molecule has 0 spiro atoms. The lowest BCUT2D eigenvalue weighted by Gasteiger charge is -1.98. The van der Waals surface area contributed by atoms with Gasteiger partial charge in [0.15, 0.2) is 0 Å². The maximum atomic E-state index is 5.21. The quantitative estimate of drug-likeness (QED) is 0.212. The van der Waals surface area contributed by atoms with Crippen LogP contribution in [-0.4, -0.2) is 12.7 Å². The van der Waals surface area contributed by atoms with E-state index in [0.29, 0.717) is 6.10 Å². The van der Waals surface area contributed by atoms with Gasteiger partial charge in [-0.25, -0.2) is 0 Å². The highest BCUT2D eigenvalue weighted by Crippen LogP contribution is 2.17. The van der Waals surface area contributed by atoms with Gasteiger partial charge in [0.1, 0.15) is 0 Å². The van der Waals surface area contributed by atoms with E-state index in [-0.39, 0.29) is 0 Å². The lowest BCUT2D eigenvalue weighted by molar-refractivity contribution is 0.388. The summed E-state index contributed by atoms with van der Waals surface area (Å²) in [5.41, 5.74) is 0. The Morgan fingerprint density at radius 3 is 1.89 bits per heavy atom. The highest BCUT2D eigenvalue weighted by atomic mass is 16.6. The summed E-state index contributed by atoms with van der Waals surface area (Å²) in [6.07, 6.45) is 23.3. The van der Waals surface area contributed by atoms with Crippen molar-refractivity contribution in [2.24, 2.45) is 0 Å². The molecule has 1 atom stereocenters. The van der Waals surface area contributed by atoms with Crippen molar-refractivity contribution in [3.05, 3.63) is 12.2 Å². The van der Waals surface area contributed by atoms with E-state index in [1.807, 2.05) is 0 Å². The van der Waals surface area contributed by atoms with E-state index in [0.717, 1.165) is 6.61 Å². The SMILES string of the molecule is CCCCCCCCC=CCCCCCCC1CO1. The van der Waals surface area contributed by atoms with Crippen LogP contribution in [0.25, 0.3) is 0 Å². The molecule has 0 aliphatic carbocycles. The standard InChI is InChI=1S/C18H34O/c1-2-3-4-5-6-7-8-9-10-11-12-13-14-15-16-18-17-19-18/h9-10,18H,2-8,11-17H2,1H3. The number of hydrogen-bond donors (Lipinski definition) is 0. The Bertz CT molecular complexity index is 206. The molecule has 0 N–H and O–H groups in total. The van der Waals surface area contributed by atoms with E-state index in [9.17, 15) is 0 Å². The predicted octanol–water partition coefficient (Wildman–Crippen LogP) is 6.03. The fourth-order valence-corrected chi connectivity index (χ4v) is 2.50. The summed E-state index contributed by atoms with van der Waals surface area (Å²) in [6, 6.07) is 0. The Hall–Kier alpha value is -0.300. The molecule has 1 unspecified atom stereocenters. The first-order chi connectivity index (χ1) is 9.43. The zero-order chi connectivity index (χ0) is 13.6. The molecule has 0 bridgehead atoms. The monoisotopic (exact) mass is 266 g/mol. The second-order valence-electron chi connectivity index (χ2n) is 5.97. The van der Waals surface area contributed by atoms with E-state index in [1.165, 1.54) is 83.5 Å². The highest BCUT2D eigenvalue weighted by molar-refractivity contribution is 4.81. The third-order valence-electron chi connectivity index (χ3n) is 3.94. The van der Waals surface area contributed by atoms with Crippen LogP contribution >= 0.6 is 0 Å². The molecule has 1 heterocycles. The van der Waals surface area contributed by atoms with Crippen LogP contribution < -0.4 is 0 Å².